The summed E-state index contributed by atoms with van der Waals surface area (Å²) < 4.78 is 1.95. The largest absolute Gasteiger partial charge is 0.283 e. The summed E-state index contributed by atoms with van der Waals surface area (Å²) >= 11 is 0. The molecule has 0 amide bonds. The van der Waals surface area contributed by atoms with E-state index in [4.69, 9.17) is 0 Å². The molecular formula is C16H29N2O+. The van der Waals surface area contributed by atoms with Gasteiger partial charge in [-0.2, -0.15) is 5.10 Å². The first-order valence-electron chi connectivity index (χ1n) is 7.25. The van der Waals surface area contributed by atoms with Crippen molar-refractivity contribution in [1.82, 2.24) is 5.10 Å². The highest BCUT2D eigenvalue weighted by molar-refractivity contribution is 5.29. The summed E-state index contributed by atoms with van der Waals surface area (Å²) in [7, 11) is 0. The lowest BCUT2D eigenvalue weighted by molar-refractivity contribution is -0.755. The minimum absolute atomic E-state index is 0.0585. The molecule has 0 saturated heterocycles. The van der Waals surface area contributed by atoms with Crippen molar-refractivity contribution in [3.05, 3.63) is 27.7 Å². The summed E-state index contributed by atoms with van der Waals surface area (Å²) in [5.74, 6) is 0. The Morgan fingerprint density at radius 1 is 1.11 bits per heavy atom. The molecule has 0 atom stereocenters. The molecule has 108 valence electrons. The Hall–Kier alpha value is -1.12. The molecule has 3 nitrogen and oxygen atoms in total. The molecule has 1 N–H and O–H groups in total. The van der Waals surface area contributed by atoms with Crippen LogP contribution in [0, 0.1) is 0 Å². The van der Waals surface area contributed by atoms with Gasteiger partial charge in [-0.1, -0.05) is 54.9 Å². The van der Waals surface area contributed by atoms with E-state index in [1.54, 1.807) is 6.20 Å². The number of unbranched alkanes of at least 4 members (excludes halogenated alkanes) is 1. The summed E-state index contributed by atoms with van der Waals surface area (Å²) in [4.78, 5) is 12.5. The molecule has 0 aliphatic carbocycles. The molecule has 0 fully saturated rings. The Bertz CT molecular complexity index is 487. The molecule has 1 aromatic rings. The predicted octanol–water partition coefficient (Wildman–Crippen LogP) is 3.06. The monoisotopic (exact) mass is 265 g/mol. The molecule has 0 radical (unpaired) electrons. The van der Waals surface area contributed by atoms with E-state index < -0.39 is 0 Å². The minimum atomic E-state index is -0.139. The van der Waals surface area contributed by atoms with Crippen LogP contribution in [0.15, 0.2) is 11.0 Å². The van der Waals surface area contributed by atoms with E-state index in [1.807, 2.05) is 4.68 Å². The third-order valence-electron chi connectivity index (χ3n) is 3.28. The van der Waals surface area contributed by atoms with Gasteiger partial charge in [0.2, 0.25) is 11.6 Å². The second-order valence-corrected chi connectivity index (χ2v) is 7.40. The predicted molar refractivity (Wildman–Crippen MR) is 79.6 cm³/mol. The van der Waals surface area contributed by atoms with Crippen molar-refractivity contribution in [2.45, 2.75) is 78.7 Å². The van der Waals surface area contributed by atoms with Crippen molar-refractivity contribution in [2.24, 2.45) is 0 Å². The lowest BCUT2D eigenvalue weighted by atomic mass is 9.78. The highest BCUT2D eigenvalue weighted by atomic mass is 16.1. The van der Waals surface area contributed by atoms with Crippen molar-refractivity contribution in [1.29, 1.82) is 0 Å². The van der Waals surface area contributed by atoms with Crippen LogP contribution in [0.4, 0.5) is 0 Å². The quantitative estimate of drug-likeness (QED) is 0.838. The zero-order valence-corrected chi connectivity index (χ0v) is 13.6. The Labute approximate surface area is 117 Å². The van der Waals surface area contributed by atoms with Crippen molar-refractivity contribution in [3.63, 3.8) is 0 Å². The first kappa shape index (κ1) is 15.9. The third kappa shape index (κ3) is 3.92. The highest BCUT2D eigenvalue weighted by Crippen LogP contribution is 2.28. The summed E-state index contributed by atoms with van der Waals surface area (Å²) in [6.07, 6.45) is 3.92. The summed E-state index contributed by atoms with van der Waals surface area (Å²) in [6.45, 7) is 15.8. The van der Waals surface area contributed by atoms with Gasteiger partial charge in [0.25, 0.3) is 0 Å². The molecular weight excluding hydrogens is 236 g/mol. The second kappa shape index (κ2) is 5.48. The SMILES string of the molecule is CCCC[n+]1cc(=O)c(C(C)(C)C)c(C(C)(C)C)[nH]1. The van der Waals surface area contributed by atoms with Crippen LogP contribution in [-0.4, -0.2) is 5.10 Å². The maximum Gasteiger partial charge on any atom is 0.249 e. The van der Waals surface area contributed by atoms with Crippen LogP contribution >= 0.6 is 0 Å². The van der Waals surface area contributed by atoms with E-state index in [2.05, 4.69) is 53.6 Å². The van der Waals surface area contributed by atoms with Gasteiger partial charge in [0.05, 0.1) is 5.69 Å². The van der Waals surface area contributed by atoms with Crippen molar-refractivity contribution in [2.75, 3.05) is 0 Å². The van der Waals surface area contributed by atoms with E-state index >= 15 is 0 Å². The topological polar surface area (TPSA) is 36.7 Å². The molecule has 19 heavy (non-hydrogen) atoms. The Morgan fingerprint density at radius 2 is 1.68 bits per heavy atom. The van der Waals surface area contributed by atoms with Gasteiger partial charge < -0.3 is 0 Å². The zero-order chi connectivity index (χ0) is 14.8. The van der Waals surface area contributed by atoms with Crippen molar-refractivity contribution < 1.29 is 4.68 Å². The van der Waals surface area contributed by atoms with E-state index in [9.17, 15) is 4.79 Å². The number of nitrogens with zero attached hydrogens (tertiary/aromatic N) is 1. The van der Waals surface area contributed by atoms with Crippen molar-refractivity contribution in [3.8, 4) is 0 Å². The van der Waals surface area contributed by atoms with Crippen molar-refractivity contribution >= 4 is 0 Å². The van der Waals surface area contributed by atoms with Gasteiger partial charge >= 0.3 is 0 Å². The fourth-order valence-electron chi connectivity index (χ4n) is 2.30. The lowest BCUT2D eigenvalue weighted by Gasteiger charge is -2.27. The summed E-state index contributed by atoms with van der Waals surface area (Å²) in [5.41, 5.74) is 1.92. The standard InChI is InChI=1S/C16H28N2O/c1-8-9-10-18-11-12(19)13(15(2,3)4)14(17-18)16(5,6)7/h11H,8-10H2,1-7H3/p+1. The van der Waals surface area contributed by atoms with Gasteiger partial charge in [-0.15, -0.1) is 4.68 Å². The second-order valence-electron chi connectivity index (χ2n) is 7.40. The van der Waals surface area contributed by atoms with Gasteiger partial charge in [-0.25, -0.2) is 0 Å². The fraction of sp³-hybridized carbons (Fsp3) is 0.750. The first-order chi connectivity index (χ1) is 8.57. The van der Waals surface area contributed by atoms with Gasteiger partial charge in [0.15, 0.2) is 6.54 Å². The van der Waals surface area contributed by atoms with Crippen LogP contribution in [0.3, 0.4) is 0 Å². The van der Waals surface area contributed by atoms with Crippen LogP contribution in [0.2, 0.25) is 0 Å². The van der Waals surface area contributed by atoms with Crippen LogP contribution in [0.25, 0.3) is 0 Å². The molecule has 0 saturated carbocycles. The van der Waals surface area contributed by atoms with Gasteiger partial charge in [-0.3, -0.25) is 4.79 Å². The van der Waals surface area contributed by atoms with Crippen LogP contribution in [0.1, 0.15) is 72.6 Å². The van der Waals surface area contributed by atoms with Gasteiger partial charge in [-0.05, 0) is 5.41 Å². The molecule has 3 heteroatoms. The molecule has 1 rings (SSSR count). The summed E-state index contributed by atoms with van der Waals surface area (Å²) in [6, 6.07) is 0. The average Bonchev–Trinajstić information content (AvgIpc) is 2.22. The number of aromatic nitrogens is 2. The number of rotatable bonds is 3. The molecule has 0 aromatic carbocycles. The first-order valence-corrected chi connectivity index (χ1v) is 7.25. The normalized spacial score (nSPS) is 12.8. The smallest absolute Gasteiger partial charge is 0.249 e. The third-order valence-corrected chi connectivity index (χ3v) is 3.28. The number of nitrogens with one attached hydrogen (secondary N) is 1. The number of hydrogen-bond acceptors (Lipinski definition) is 1. The maximum absolute atomic E-state index is 12.5. The molecule has 0 unspecified atom stereocenters. The zero-order valence-electron chi connectivity index (χ0n) is 13.6. The molecule has 0 spiro atoms. The van der Waals surface area contributed by atoms with Gasteiger partial charge in [0, 0.05) is 17.4 Å². The number of H-pyrrole nitrogens is 1. The lowest BCUT2D eigenvalue weighted by Crippen LogP contribution is -2.47. The Morgan fingerprint density at radius 3 is 2.11 bits per heavy atom. The molecule has 0 aliphatic rings. The van der Waals surface area contributed by atoms with E-state index in [-0.39, 0.29) is 16.3 Å². The highest BCUT2D eigenvalue weighted by Gasteiger charge is 2.31. The minimum Gasteiger partial charge on any atom is -0.283 e. The number of aryl methyl sites for hydroxylation is 1. The van der Waals surface area contributed by atoms with E-state index in [0.717, 1.165) is 30.6 Å². The molecule has 0 aliphatic heterocycles. The maximum atomic E-state index is 12.5. The van der Waals surface area contributed by atoms with E-state index in [1.165, 1.54) is 0 Å². The number of hydrogen-bond donors (Lipinski definition) is 1. The molecule has 0 bridgehead atoms. The average molecular weight is 265 g/mol. The van der Waals surface area contributed by atoms with Gasteiger partial charge in [0.1, 0.15) is 0 Å². The molecule has 1 aromatic heterocycles. The fourth-order valence-corrected chi connectivity index (χ4v) is 2.30. The van der Waals surface area contributed by atoms with E-state index in [0.29, 0.717) is 0 Å². The van der Waals surface area contributed by atoms with Crippen LogP contribution < -0.4 is 10.1 Å². The Kier molecular flexibility index (Phi) is 4.59. The summed E-state index contributed by atoms with van der Waals surface area (Å²) in [5, 5.41) is 3.45. The molecule has 1 heterocycles. The number of aromatic amines is 1. The Balaban J connectivity index is 3.45. The van der Waals surface area contributed by atoms with Crippen LogP contribution in [-0.2, 0) is 17.4 Å². The van der Waals surface area contributed by atoms with Crippen LogP contribution in [0.5, 0.6) is 0 Å².